The summed E-state index contributed by atoms with van der Waals surface area (Å²) in [5.41, 5.74) is 2.07. The number of nitrogens with one attached hydrogen (secondary N) is 1. The van der Waals surface area contributed by atoms with Gasteiger partial charge in [-0.2, -0.15) is 0 Å². The Morgan fingerprint density at radius 1 is 1.15 bits per heavy atom. The van der Waals surface area contributed by atoms with Crippen molar-refractivity contribution in [2.45, 2.75) is 26.0 Å². The third-order valence-corrected chi connectivity index (χ3v) is 3.33. The highest BCUT2D eigenvalue weighted by molar-refractivity contribution is 5.29. The molecule has 2 rings (SSSR count). The quantitative estimate of drug-likeness (QED) is 0.856. The number of hydrogen-bond donors (Lipinski definition) is 1. The molecule has 0 amide bonds. The molecule has 0 aromatic heterocycles. The maximum absolute atomic E-state index is 13.1. The Morgan fingerprint density at radius 3 is 2.50 bits per heavy atom. The van der Waals surface area contributed by atoms with Crippen LogP contribution in [0.1, 0.15) is 30.5 Å². The van der Waals surface area contributed by atoms with Gasteiger partial charge in [-0.1, -0.05) is 31.2 Å². The van der Waals surface area contributed by atoms with E-state index in [9.17, 15) is 4.39 Å². The van der Waals surface area contributed by atoms with Gasteiger partial charge < -0.3 is 10.1 Å². The SMILES string of the molecule is CCC(NC)c1ccc(OCc2cccc(F)c2)cc1. The van der Waals surface area contributed by atoms with E-state index in [0.717, 1.165) is 17.7 Å². The van der Waals surface area contributed by atoms with Gasteiger partial charge in [0.15, 0.2) is 0 Å². The van der Waals surface area contributed by atoms with E-state index in [0.29, 0.717) is 12.6 Å². The second-order valence-corrected chi connectivity index (χ2v) is 4.74. The minimum Gasteiger partial charge on any atom is -0.489 e. The second kappa shape index (κ2) is 7.06. The molecule has 0 fully saturated rings. The first-order valence-corrected chi connectivity index (χ1v) is 6.87. The molecule has 0 radical (unpaired) electrons. The summed E-state index contributed by atoms with van der Waals surface area (Å²) in [5, 5.41) is 3.27. The third kappa shape index (κ3) is 3.81. The van der Waals surface area contributed by atoms with Gasteiger partial charge in [-0.3, -0.25) is 0 Å². The van der Waals surface area contributed by atoms with Crippen LogP contribution in [0.5, 0.6) is 5.75 Å². The van der Waals surface area contributed by atoms with E-state index < -0.39 is 0 Å². The van der Waals surface area contributed by atoms with E-state index in [4.69, 9.17) is 4.74 Å². The van der Waals surface area contributed by atoms with E-state index >= 15 is 0 Å². The Balaban J connectivity index is 1.97. The molecule has 0 bridgehead atoms. The summed E-state index contributed by atoms with van der Waals surface area (Å²) in [4.78, 5) is 0. The Bertz CT molecular complexity index is 535. The molecule has 2 aromatic carbocycles. The zero-order chi connectivity index (χ0) is 14.4. The molecule has 20 heavy (non-hydrogen) atoms. The van der Waals surface area contributed by atoms with Crippen LogP contribution in [-0.2, 0) is 6.61 Å². The monoisotopic (exact) mass is 273 g/mol. The van der Waals surface area contributed by atoms with Crippen LogP contribution in [0.2, 0.25) is 0 Å². The van der Waals surface area contributed by atoms with Gasteiger partial charge in [-0.15, -0.1) is 0 Å². The first-order valence-electron chi connectivity index (χ1n) is 6.87. The van der Waals surface area contributed by atoms with Gasteiger partial charge in [0.1, 0.15) is 18.2 Å². The van der Waals surface area contributed by atoms with Crippen LogP contribution in [-0.4, -0.2) is 7.05 Å². The topological polar surface area (TPSA) is 21.3 Å². The molecular weight excluding hydrogens is 253 g/mol. The van der Waals surface area contributed by atoms with Crippen LogP contribution in [0.25, 0.3) is 0 Å². The zero-order valence-corrected chi connectivity index (χ0v) is 11.9. The fraction of sp³-hybridized carbons (Fsp3) is 0.294. The molecule has 3 heteroatoms. The normalized spacial score (nSPS) is 12.2. The second-order valence-electron chi connectivity index (χ2n) is 4.74. The van der Waals surface area contributed by atoms with E-state index in [-0.39, 0.29) is 5.82 Å². The maximum Gasteiger partial charge on any atom is 0.123 e. The molecule has 106 valence electrons. The van der Waals surface area contributed by atoms with Gasteiger partial charge in [-0.05, 0) is 48.9 Å². The van der Waals surface area contributed by atoms with Crippen molar-refractivity contribution in [2.75, 3.05) is 7.05 Å². The van der Waals surface area contributed by atoms with Crippen LogP contribution in [0, 0.1) is 5.82 Å². The van der Waals surface area contributed by atoms with Crippen molar-refractivity contribution in [3.63, 3.8) is 0 Å². The highest BCUT2D eigenvalue weighted by Crippen LogP contribution is 2.20. The lowest BCUT2D eigenvalue weighted by Crippen LogP contribution is -2.14. The molecule has 0 aliphatic rings. The standard InChI is InChI=1S/C17H20FNO/c1-3-17(19-2)14-7-9-16(10-8-14)20-12-13-5-4-6-15(18)11-13/h4-11,17,19H,3,12H2,1-2H3. The molecule has 0 aliphatic heterocycles. The van der Waals surface area contributed by atoms with Crippen LogP contribution < -0.4 is 10.1 Å². The van der Waals surface area contributed by atoms with Gasteiger partial charge in [0, 0.05) is 6.04 Å². The van der Waals surface area contributed by atoms with Crippen LogP contribution in [0.3, 0.4) is 0 Å². The molecule has 0 saturated heterocycles. The minimum absolute atomic E-state index is 0.235. The molecule has 1 N–H and O–H groups in total. The highest BCUT2D eigenvalue weighted by atomic mass is 19.1. The number of ether oxygens (including phenoxy) is 1. The summed E-state index contributed by atoms with van der Waals surface area (Å²) in [6, 6.07) is 14.9. The highest BCUT2D eigenvalue weighted by Gasteiger charge is 2.06. The van der Waals surface area contributed by atoms with Gasteiger partial charge in [0.25, 0.3) is 0 Å². The summed E-state index contributed by atoms with van der Waals surface area (Å²) >= 11 is 0. The average Bonchev–Trinajstić information content (AvgIpc) is 2.48. The first-order chi connectivity index (χ1) is 9.72. The number of benzene rings is 2. The van der Waals surface area contributed by atoms with Crippen molar-refractivity contribution in [1.82, 2.24) is 5.32 Å². The molecule has 0 aliphatic carbocycles. The molecule has 2 aromatic rings. The number of halogens is 1. The maximum atomic E-state index is 13.1. The fourth-order valence-corrected chi connectivity index (χ4v) is 2.20. The lowest BCUT2D eigenvalue weighted by Gasteiger charge is -2.14. The molecule has 0 saturated carbocycles. The van der Waals surface area contributed by atoms with E-state index in [1.807, 2.05) is 25.2 Å². The predicted octanol–water partition coefficient (Wildman–Crippen LogP) is 4.08. The van der Waals surface area contributed by atoms with E-state index in [1.54, 1.807) is 6.07 Å². The van der Waals surface area contributed by atoms with Gasteiger partial charge in [0.05, 0.1) is 0 Å². The van der Waals surface area contributed by atoms with Gasteiger partial charge >= 0.3 is 0 Å². The zero-order valence-electron chi connectivity index (χ0n) is 11.9. The molecule has 1 atom stereocenters. The van der Waals surface area contributed by atoms with Gasteiger partial charge in [-0.25, -0.2) is 4.39 Å². The Labute approximate surface area is 119 Å². The minimum atomic E-state index is -0.235. The summed E-state index contributed by atoms with van der Waals surface area (Å²) in [6.45, 7) is 2.52. The van der Waals surface area contributed by atoms with Crippen molar-refractivity contribution >= 4 is 0 Å². The van der Waals surface area contributed by atoms with Crippen LogP contribution in [0.4, 0.5) is 4.39 Å². The van der Waals surface area contributed by atoms with Crippen molar-refractivity contribution in [3.8, 4) is 5.75 Å². The predicted molar refractivity (Wildman–Crippen MR) is 79.3 cm³/mol. The molecule has 0 heterocycles. The summed E-state index contributed by atoms with van der Waals surface area (Å²) in [7, 11) is 1.96. The Kier molecular flexibility index (Phi) is 5.13. The van der Waals surface area contributed by atoms with Crippen LogP contribution >= 0.6 is 0 Å². The van der Waals surface area contributed by atoms with Crippen molar-refractivity contribution in [1.29, 1.82) is 0 Å². The summed E-state index contributed by atoms with van der Waals surface area (Å²) < 4.78 is 18.7. The van der Waals surface area contributed by atoms with Crippen LogP contribution in [0.15, 0.2) is 48.5 Å². The van der Waals surface area contributed by atoms with E-state index in [1.165, 1.54) is 17.7 Å². The van der Waals surface area contributed by atoms with E-state index in [2.05, 4.69) is 24.4 Å². The largest absolute Gasteiger partial charge is 0.489 e. The van der Waals surface area contributed by atoms with Crippen molar-refractivity contribution in [3.05, 3.63) is 65.5 Å². The fourth-order valence-electron chi connectivity index (χ4n) is 2.20. The molecule has 2 nitrogen and oxygen atoms in total. The van der Waals surface area contributed by atoms with Crippen molar-refractivity contribution in [2.24, 2.45) is 0 Å². The molecular formula is C17H20FNO. The molecule has 1 unspecified atom stereocenters. The van der Waals surface area contributed by atoms with Gasteiger partial charge in [0.2, 0.25) is 0 Å². The lowest BCUT2D eigenvalue weighted by atomic mass is 10.0. The lowest BCUT2D eigenvalue weighted by molar-refractivity contribution is 0.305. The Morgan fingerprint density at radius 2 is 1.90 bits per heavy atom. The average molecular weight is 273 g/mol. The third-order valence-electron chi connectivity index (χ3n) is 3.33. The number of rotatable bonds is 6. The molecule has 0 spiro atoms. The first kappa shape index (κ1) is 14.5. The summed E-state index contributed by atoms with van der Waals surface area (Å²) in [5.74, 6) is 0.560. The van der Waals surface area contributed by atoms with Crippen molar-refractivity contribution < 1.29 is 9.13 Å². The Hall–Kier alpha value is -1.87. The number of hydrogen-bond acceptors (Lipinski definition) is 2. The smallest absolute Gasteiger partial charge is 0.123 e. The summed E-state index contributed by atoms with van der Waals surface area (Å²) in [6.07, 6.45) is 1.04.